The molecule has 0 amide bonds. The molecule has 1 aromatic carbocycles. The van der Waals surface area contributed by atoms with Crippen LogP contribution in [0.25, 0.3) is 0 Å². The summed E-state index contributed by atoms with van der Waals surface area (Å²) < 4.78 is 74.3. The Bertz CT molecular complexity index is 701. The zero-order valence-corrected chi connectivity index (χ0v) is 14.6. The molecule has 23 heavy (non-hydrogen) atoms. The Morgan fingerprint density at radius 1 is 1.00 bits per heavy atom. The number of nitrogens with one attached hydrogen (secondary N) is 1. The van der Waals surface area contributed by atoms with Crippen LogP contribution < -0.4 is 4.72 Å². The summed E-state index contributed by atoms with van der Waals surface area (Å²) in [7, 11) is -8.54. The molecule has 1 rings (SSSR count). The Hall–Kier alpha value is -1.06. The van der Waals surface area contributed by atoms with Gasteiger partial charge >= 0.3 is 5.76 Å². The van der Waals surface area contributed by atoms with Gasteiger partial charge in [-0.15, -0.1) is 0 Å². The second kappa shape index (κ2) is 8.16. The molecular weight excluding hydrogens is 348 g/mol. The molecule has 0 aromatic heterocycles. The maximum absolute atomic E-state index is 12.4. The number of halogens is 2. The summed E-state index contributed by atoms with van der Waals surface area (Å²) in [6, 6.07) is 3.50. The van der Waals surface area contributed by atoms with Gasteiger partial charge in [-0.1, -0.05) is 26.2 Å². The van der Waals surface area contributed by atoms with E-state index in [1.54, 1.807) is 6.92 Å². The van der Waals surface area contributed by atoms with E-state index in [1.165, 1.54) is 0 Å². The second-order valence-electron chi connectivity index (χ2n) is 5.30. The molecule has 0 bridgehead atoms. The average Bonchev–Trinajstić information content (AvgIpc) is 2.47. The van der Waals surface area contributed by atoms with E-state index in [2.05, 4.69) is 4.72 Å². The molecule has 0 aliphatic carbocycles. The molecule has 132 valence electrons. The first-order chi connectivity index (χ1) is 10.6. The first kappa shape index (κ1) is 20.0. The van der Waals surface area contributed by atoms with Crippen molar-refractivity contribution < 1.29 is 25.6 Å². The summed E-state index contributed by atoms with van der Waals surface area (Å²) in [6.45, 7) is 3.78. The van der Waals surface area contributed by atoms with Crippen molar-refractivity contribution in [3.8, 4) is 0 Å². The van der Waals surface area contributed by atoms with Crippen LogP contribution in [0.2, 0.25) is 0 Å². The van der Waals surface area contributed by atoms with Crippen LogP contribution in [0.4, 0.5) is 8.78 Å². The number of rotatable bonds is 9. The molecule has 0 heterocycles. The highest BCUT2D eigenvalue weighted by Gasteiger charge is 2.27. The fourth-order valence-corrected chi connectivity index (χ4v) is 4.00. The summed E-state index contributed by atoms with van der Waals surface area (Å²) >= 11 is 0. The number of sulfone groups is 1. The SMILES string of the molecule is CCCCCC(C)NS(=O)(=O)c1ccc(S(=O)(=O)C(F)F)cc1. The Morgan fingerprint density at radius 3 is 2.00 bits per heavy atom. The van der Waals surface area contributed by atoms with E-state index >= 15 is 0 Å². The minimum Gasteiger partial charge on any atom is -0.218 e. The van der Waals surface area contributed by atoms with Crippen LogP contribution in [0.1, 0.15) is 39.5 Å². The highest BCUT2D eigenvalue weighted by atomic mass is 32.2. The molecule has 0 fully saturated rings. The van der Waals surface area contributed by atoms with Crippen LogP contribution in [0.15, 0.2) is 34.1 Å². The van der Waals surface area contributed by atoms with E-state index in [-0.39, 0.29) is 10.9 Å². The molecule has 1 N–H and O–H groups in total. The molecule has 0 saturated heterocycles. The molecule has 1 aromatic rings. The van der Waals surface area contributed by atoms with Crippen molar-refractivity contribution in [1.29, 1.82) is 0 Å². The lowest BCUT2D eigenvalue weighted by Crippen LogP contribution is -2.32. The van der Waals surface area contributed by atoms with E-state index in [9.17, 15) is 25.6 Å². The Balaban J connectivity index is 2.86. The zero-order valence-electron chi connectivity index (χ0n) is 13.0. The smallest absolute Gasteiger partial charge is 0.218 e. The molecular formula is C14H21F2NO4S2. The van der Waals surface area contributed by atoms with Gasteiger partial charge in [0.25, 0.3) is 0 Å². The predicted octanol–water partition coefficient (Wildman–Crippen LogP) is 2.93. The Kier molecular flexibility index (Phi) is 7.09. The van der Waals surface area contributed by atoms with Crippen molar-refractivity contribution in [3.63, 3.8) is 0 Å². The molecule has 0 aliphatic rings. The molecule has 0 aliphatic heterocycles. The van der Waals surface area contributed by atoms with Crippen LogP contribution in [0.5, 0.6) is 0 Å². The monoisotopic (exact) mass is 369 g/mol. The van der Waals surface area contributed by atoms with E-state index in [4.69, 9.17) is 0 Å². The van der Waals surface area contributed by atoms with Gasteiger partial charge < -0.3 is 0 Å². The lowest BCUT2D eigenvalue weighted by Gasteiger charge is -2.14. The Morgan fingerprint density at radius 2 is 1.52 bits per heavy atom. The van der Waals surface area contributed by atoms with Gasteiger partial charge in [0.2, 0.25) is 19.9 Å². The minimum atomic E-state index is -4.73. The van der Waals surface area contributed by atoms with Gasteiger partial charge in [0.15, 0.2) is 0 Å². The van der Waals surface area contributed by atoms with E-state index < -0.39 is 30.5 Å². The van der Waals surface area contributed by atoms with E-state index in [1.807, 2.05) is 6.92 Å². The van der Waals surface area contributed by atoms with Crippen molar-refractivity contribution in [2.75, 3.05) is 0 Å². The molecule has 0 saturated carbocycles. The van der Waals surface area contributed by atoms with Crippen molar-refractivity contribution >= 4 is 19.9 Å². The maximum Gasteiger partial charge on any atom is 0.341 e. The summed E-state index contributed by atoms with van der Waals surface area (Å²) in [4.78, 5) is -0.768. The molecule has 1 atom stereocenters. The van der Waals surface area contributed by atoms with Gasteiger partial charge in [0.05, 0.1) is 9.79 Å². The molecule has 5 nitrogen and oxygen atoms in total. The fourth-order valence-electron chi connectivity index (χ4n) is 2.00. The van der Waals surface area contributed by atoms with Crippen LogP contribution >= 0.6 is 0 Å². The molecule has 1 unspecified atom stereocenters. The topological polar surface area (TPSA) is 80.3 Å². The van der Waals surface area contributed by atoms with E-state index in [0.717, 1.165) is 43.5 Å². The summed E-state index contributed by atoms with van der Waals surface area (Å²) in [5.74, 6) is -3.54. The normalized spacial score (nSPS) is 14.1. The van der Waals surface area contributed by atoms with Crippen molar-refractivity contribution in [2.45, 2.75) is 61.1 Å². The summed E-state index contributed by atoms with van der Waals surface area (Å²) in [5.41, 5.74) is 0. The van der Waals surface area contributed by atoms with Gasteiger partial charge in [0, 0.05) is 6.04 Å². The maximum atomic E-state index is 12.4. The van der Waals surface area contributed by atoms with Crippen LogP contribution in [-0.4, -0.2) is 28.6 Å². The predicted molar refractivity (Wildman–Crippen MR) is 83.6 cm³/mol. The molecule has 9 heteroatoms. The third-order valence-corrected chi connectivity index (χ3v) is 6.30. The highest BCUT2D eigenvalue weighted by molar-refractivity contribution is 7.91. The van der Waals surface area contributed by atoms with E-state index in [0.29, 0.717) is 6.42 Å². The van der Waals surface area contributed by atoms with Crippen LogP contribution in [-0.2, 0) is 19.9 Å². The third-order valence-electron chi connectivity index (χ3n) is 3.29. The van der Waals surface area contributed by atoms with Gasteiger partial charge in [0.1, 0.15) is 0 Å². The largest absolute Gasteiger partial charge is 0.341 e. The lowest BCUT2D eigenvalue weighted by atomic mass is 10.1. The van der Waals surface area contributed by atoms with Crippen molar-refractivity contribution in [2.24, 2.45) is 0 Å². The number of alkyl halides is 2. The highest BCUT2D eigenvalue weighted by Crippen LogP contribution is 2.20. The van der Waals surface area contributed by atoms with Gasteiger partial charge in [-0.25, -0.2) is 21.6 Å². The first-order valence-corrected chi connectivity index (χ1v) is 10.3. The second-order valence-corrected chi connectivity index (χ2v) is 8.93. The van der Waals surface area contributed by atoms with Crippen LogP contribution in [0.3, 0.4) is 0 Å². The number of sulfonamides is 1. The number of benzene rings is 1. The molecule has 0 spiro atoms. The van der Waals surface area contributed by atoms with Gasteiger partial charge in [-0.3, -0.25) is 0 Å². The number of unbranched alkanes of at least 4 members (excludes halogenated alkanes) is 2. The lowest BCUT2D eigenvalue weighted by molar-refractivity contribution is 0.234. The average molecular weight is 369 g/mol. The number of hydrogen-bond donors (Lipinski definition) is 1. The summed E-state index contributed by atoms with van der Waals surface area (Å²) in [6.07, 6.45) is 3.61. The first-order valence-electron chi connectivity index (χ1n) is 7.25. The van der Waals surface area contributed by atoms with Gasteiger partial charge in [-0.2, -0.15) is 8.78 Å². The number of hydrogen-bond acceptors (Lipinski definition) is 4. The summed E-state index contributed by atoms with van der Waals surface area (Å²) in [5, 5.41) is 0. The third kappa shape index (κ3) is 5.50. The van der Waals surface area contributed by atoms with Crippen molar-refractivity contribution in [1.82, 2.24) is 4.72 Å². The quantitative estimate of drug-likeness (QED) is 0.679. The van der Waals surface area contributed by atoms with Crippen molar-refractivity contribution in [3.05, 3.63) is 24.3 Å². The minimum absolute atomic E-state index is 0.159. The molecule has 0 radical (unpaired) electrons. The van der Waals surface area contributed by atoms with Gasteiger partial charge in [-0.05, 0) is 37.6 Å². The standard InChI is InChI=1S/C14H21F2NO4S2/c1-3-4-5-6-11(2)17-23(20,21)13-9-7-12(8-10-13)22(18,19)14(15)16/h7-11,14,17H,3-6H2,1-2H3. The fraction of sp³-hybridized carbons (Fsp3) is 0.571. The zero-order chi connectivity index (χ0) is 17.7. The van der Waals surface area contributed by atoms with Crippen LogP contribution in [0, 0.1) is 0 Å². The Labute approximate surface area is 136 Å².